The topological polar surface area (TPSA) is 84.3 Å². The van der Waals surface area contributed by atoms with Crippen molar-refractivity contribution in [3.63, 3.8) is 0 Å². The smallest absolute Gasteiger partial charge is 0.274 e. The number of nitrogens with one attached hydrogen (secondary N) is 2. The number of nitrogens with zero attached hydrogens (tertiary/aromatic N) is 1. The van der Waals surface area contributed by atoms with Crippen LogP contribution in [0.3, 0.4) is 0 Å². The van der Waals surface area contributed by atoms with Crippen LogP contribution in [0, 0.1) is 15.9 Å². The van der Waals surface area contributed by atoms with Crippen molar-refractivity contribution in [3.05, 3.63) is 39.7 Å². The molecule has 0 aliphatic heterocycles. The first kappa shape index (κ1) is 15.0. The fraction of sp³-hybridized carbons (Fsp3) is 0.417. The molecule has 1 aromatic carbocycles. The Kier molecular flexibility index (Phi) is 5.37. The Balaban J connectivity index is 2.74. The van der Waals surface area contributed by atoms with Crippen molar-refractivity contribution in [2.45, 2.75) is 26.4 Å². The number of carbonyl (C=O) groups excluding carboxylic acids is 1. The molecule has 0 bridgehead atoms. The van der Waals surface area contributed by atoms with E-state index in [0.29, 0.717) is 6.54 Å². The fourth-order valence-electron chi connectivity index (χ4n) is 1.56. The minimum atomic E-state index is -0.576. The molecule has 1 rings (SSSR count). The van der Waals surface area contributed by atoms with E-state index in [1.807, 2.05) is 0 Å². The van der Waals surface area contributed by atoms with E-state index in [1.54, 1.807) is 13.8 Å². The highest BCUT2D eigenvalue weighted by Crippen LogP contribution is 2.19. The fourth-order valence-corrected chi connectivity index (χ4v) is 1.56. The van der Waals surface area contributed by atoms with Crippen molar-refractivity contribution >= 4 is 11.6 Å². The second kappa shape index (κ2) is 6.79. The van der Waals surface area contributed by atoms with E-state index in [1.165, 1.54) is 0 Å². The number of carbonyl (C=O) groups is 1. The monoisotopic (exact) mass is 269 g/mol. The van der Waals surface area contributed by atoms with E-state index >= 15 is 0 Å². The van der Waals surface area contributed by atoms with Crippen LogP contribution in [0.2, 0.25) is 0 Å². The average Bonchev–Trinajstić information content (AvgIpc) is 2.35. The molecule has 0 saturated heterocycles. The molecule has 0 aliphatic carbocycles. The summed E-state index contributed by atoms with van der Waals surface area (Å²) in [4.78, 5) is 21.7. The van der Waals surface area contributed by atoms with Crippen molar-refractivity contribution in [3.8, 4) is 0 Å². The van der Waals surface area contributed by atoms with Crippen LogP contribution in [0.1, 0.15) is 19.4 Å². The Hall–Kier alpha value is -2.02. The highest BCUT2D eigenvalue weighted by atomic mass is 19.1. The molecular weight excluding hydrogens is 253 g/mol. The average molecular weight is 269 g/mol. The molecule has 1 aromatic rings. The summed E-state index contributed by atoms with van der Waals surface area (Å²) >= 11 is 0. The Labute approximate surface area is 110 Å². The minimum Gasteiger partial charge on any atom is -0.355 e. The van der Waals surface area contributed by atoms with Crippen LogP contribution in [-0.4, -0.2) is 23.4 Å². The third-order valence-corrected chi connectivity index (χ3v) is 2.58. The maximum absolute atomic E-state index is 13.1. The summed E-state index contributed by atoms with van der Waals surface area (Å²) in [5.74, 6) is -0.755. The van der Waals surface area contributed by atoms with Gasteiger partial charge in [0.2, 0.25) is 5.91 Å². The van der Waals surface area contributed by atoms with Gasteiger partial charge in [0.05, 0.1) is 11.0 Å². The van der Waals surface area contributed by atoms with Crippen molar-refractivity contribution in [1.82, 2.24) is 10.6 Å². The van der Waals surface area contributed by atoms with Gasteiger partial charge in [-0.2, -0.15) is 0 Å². The number of hydrogen-bond acceptors (Lipinski definition) is 4. The summed E-state index contributed by atoms with van der Waals surface area (Å²) in [7, 11) is 0. The van der Waals surface area contributed by atoms with Crippen LogP contribution < -0.4 is 10.6 Å². The lowest BCUT2D eigenvalue weighted by molar-refractivity contribution is -0.385. The van der Waals surface area contributed by atoms with Crippen LogP contribution in [-0.2, 0) is 11.3 Å². The van der Waals surface area contributed by atoms with Crippen molar-refractivity contribution < 1.29 is 14.1 Å². The van der Waals surface area contributed by atoms with Gasteiger partial charge in [0.25, 0.3) is 5.69 Å². The van der Waals surface area contributed by atoms with E-state index in [0.717, 1.165) is 18.2 Å². The zero-order chi connectivity index (χ0) is 14.4. The molecule has 0 saturated carbocycles. The molecule has 0 aliphatic rings. The molecule has 0 aromatic heterocycles. The van der Waals surface area contributed by atoms with Gasteiger partial charge in [-0.15, -0.1) is 0 Å². The van der Waals surface area contributed by atoms with Crippen LogP contribution in [0.5, 0.6) is 0 Å². The zero-order valence-corrected chi connectivity index (χ0v) is 10.8. The number of likely N-dealkylation sites (N-methyl/N-ethyl adjacent to an activating group) is 1. The van der Waals surface area contributed by atoms with Gasteiger partial charge in [0.15, 0.2) is 0 Å². The Morgan fingerprint density at radius 1 is 1.53 bits per heavy atom. The summed E-state index contributed by atoms with van der Waals surface area (Å²) in [6.45, 7) is 3.98. The second-order valence-corrected chi connectivity index (χ2v) is 4.03. The number of rotatable bonds is 6. The Morgan fingerprint density at radius 3 is 2.79 bits per heavy atom. The third-order valence-electron chi connectivity index (χ3n) is 2.58. The van der Waals surface area contributed by atoms with E-state index < -0.39 is 16.8 Å². The number of halogens is 1. The first-order chi connectivity index (χ1) is 8.95. The van der Waals surface area contributed by atoms with Crippen LogP contribution in [0.25, 0.3) is 0 Å². The van der Waals surface area contributed by atoms with E-state index in [4.69, 9.17) is 0 Å². The number of amides is 1. The van der Waals surface area contributed by atoms with Crippen LogP contribution in [0.4, 0.5) is 10.1 Å². The zero-order valence-electron chi connectivity index (χ0n) is 10.8. The molecule has 0 spiro atoms. The minimum absolute atomic E-state index is 0.0480. The first-order valence-corrected chi connectivity index (χ1v) is 5.89. The van der Waals surface area contributed by atoms with Gasteiger partial charge in [-0.3, -0.25) is 14.9 Å². The molecule has 1 unspecified atom stereocenters. The normalized spacial score (nSPS) is 11.9. The standard InChI is InChI=1S/C12H16FN3O3/c1-3-14-12(17)8(2)15-7-9-6-10(13)4-5-11(9)16(18)19/h4-6,8,15H,3,7H2,1-2H3,(H,14,17). The van der Waals surface area contributed by atoms with Crippen LogP contribution in [0.15, 0.2) is 18.2 Å². The molecule has 104 valence electrons. The largest absolute Gasteiger partial charge is 0.355 e. The van der Waals surface area contributed by atoms with Crippen molar-refractivity contribution in [1.29, 1.82) is 0 Å². The number of nitro benzene ring substituents is 1. The number of hydrogen-bond donors (Lipinski definition) is 2. The molecule has 0 radical (unpaired) electrons. The van der Waals surface area contributed by atoms with Gasteiger partial charge >= 0.3 is 0 Å². The van der Waals surface area contributed by atoms with Gasteiger partial charge in [-0.1, -0.05) is 0 Å². The highest BCUT2D eigenvalue weighted by molar-refractivity contribution is 5.81. The Bertz CT molecular complexity index is 479. The molecule has 1 atom stereocenters. The number of benzene rings is 1. The summed E-state index contributed by atoms with van der Waals surface area (Å²) in [5.41, 5.74) is 0.0400. The summed E-state index contributed by atoms with van der Waals surface area (Å²) in [6, 6.07) is 2.73. The second-order valence-electron chi connectivity index (χ2n) is 4.03. The summed E-state index contributed by atoms with van der Waals surface area (Å²) in [5, 5.41) is 16.2. The van der Waals surface area contributed by atoms with Crippen molar-refractivity contribution in [2.24, 2.45) is 0 Å². The lowest BCUT2D eigenvalue weighted by atomic mass is 10.1. The predicted molar refractivity (Wildman–Crippen MR) is 68.0 cm³/mol. The molecule has 7 heteroatoms. The van der Waals surface area contributed by atoms with E-state index in [9.17, 15) is 19.3 Å². The Morgan fingerprint density at radius 2 is 2.21 bits per heavy atom. The van der Waals surface area contributed by atoms with Gasteiger partial charge in [-0.05, 0) is 26.0 Å². The third kappa shape index (κ3) is 4.29. The van der Waals surface area contributed by atoms with E-state index in [-0.39, 0.29) is 23.7 Å². The van der Waals surface area contributed by atoms with Crippen molar-refractivity contribution in [2.75, 3.05) is 6.54 Å². The summed E-state index contributed by atoms with van der Waals surface area (Å²) < 4.78 is 13.1. The lowest BCUT2D eigenvalue weighted by Crippen LogP contribution is -2.41. The maximum atomic E-state index is 13.1. The molecular formula is C12H16FN3O3. The molecule has 1 amide bonds. The highest BCUT2D eigenvalue weighted by Gasteiger charge is 2.17. The van der Waals surface area contributed by atoms with Gasteiger partial charge in [0.1, 0.15) is 5.82 Å². The molecule has 19 heavy (non-hydrogen) atoms. The lowest BCUT2D eigenvalue weighted by Gasteiger charge is -2.13. The maximum Gasteiger partial charge on any atom is 0.274 e. The van der Waals surface area contributed by atoms with E-state index in [2.05, 4.69) is 10.6 Å². The first-order valence-electron chi connectivity index (χ1n) is 5.89. The quantitative estimate of drug-likeness (QED) is 0.603. The predicted octanol–water partition coefficient (Wildman–Crippen LogP) is 1.35. The number of nitro groups is 1. The van der Waals surface area contributed by atoms with Gasteiger partial charge in [0, 0.05) is 24.7 Å². The van der Waals surface area contributed by atoms with Gasteiger partial charge < -0.3 is 10.6 Å². The van der Waals surface area contributed by atoms with Gasteiger partial charge in [-0.25, -0.2) is 4.39 Å². The van der Waals surface area contributed by atoms with Crippen LogP contribution >= 0.6 is 0 Å². The molecule has 6 nitrogen and oxygen atoms in total. The molecule has 0 heterocycles. The SMILES string of the molecule is CCNC(=O)C(C)NCc1cc(F)ccc1[N+](=O)[O-]. The summed E-state index contributed by atoms with van der Waals surface area (Å²) in [6.07, 6.45) is 0. The molecule has 0 fully saturated rings. The molecule has 2 N–H and O–H groups in total.